The van der Waals surface area contributed by atoms with Crippen LogP contribution in [-0.4, -0.2) is 10.9 Å². The predicted molar refractivity (Wildman–Crippen MR) is 81.7 cm³/mol. The maximum Gasteiger partial charge on any atom is 0.260 e. The molecular weight excluding hydrogens is 352 g/mol. The third-order valence-corrected chi connectivity index (χ3v) is 3.36. The summed E-state index contributed by atoms with van der Waals surface area (Å²) in [6, 6.07) is 6.70. The minimum absolute atomic E-state index is 0.0318. The van der Waals surface area contributed by atoms with Crippen LogP contribution in [0.1, 0.15) is 15.9 Å². The van der Waals surface area contributed by atoms with Gasteiger partial charge in [-0.2, -0.15) is 0 Å². The van der Waals surface area contributed by atoms with Gasteiger partial charge in [-0.1, -0.05) is 28.1 Å². The van der Waals surface area contributed by atoms with Gasteiger partial charge in [0.2, 0.25) is 5.22 Å². The largest absolute Gasteiger partial charge is 0.452 e. The van der Waals surface area contributed by atoms with Crippen LogP contribution in [0.4, 0.5) is 5.69 Å². The quantitative estimate of drug-likeness (QED) is 0.822. The highest BCUT2D eigenvalue weighted by molar-refractivity contribution is 9.10. The Morgan fingerprint density at radius 2 is 2.11 bits per heavy atom. The molecule has 0 fully saturated rings. The third kappa shape index (κ3) is 3.15. The first-order chi connectivity index (χ1) is 8.99. The highest BCUT2D eigenvalue weighted by Crippen LogP contribution is 2.24. The van der Waals surface area contributed by atoms with E-state index in [1.807, 2.05) is 0 Å². The van der Waals surface area contributed by atoms with Crippen LogP contribution in [0.2, 0.25) is 5.22 Å². The number of thiocarbonyl (C=S) groups is 1. The second kappa shape index (κ2) is 5.73. The molecule has 1 aromatic carbocycles. The van der Waals surface area contributed by atoms with Gasteiger partial charge in [-0.3, -0.25) is 4.79 Å². The maximum absolute atomic E-state index is 12.0. The Morgan fingerprint density at radius 1 is 1.37 bits per heavy atom. The summed E-state index contributed by atoms with van der Waals surface area (Å²) in [5.74, 6) is -0.394. The van der Waals surface area contributed by atoms with Crippen molar-refractivity contribution in [1.29, 1.82) is 0 Å². The number of furan rings is 1. The number of nitrogens with one attached hydrogen (secondary N) is 1. The molecule has 1 aromatic heterocycles. The summed E-state index contributed by atoms with van der Waals surface area (Å²) in [5, 5.41) is 2.73. The van der Waals surface area contributed by atoms with E-state index in [9.17, 15) is 4.79 Å². The van der Waals surface area contributed by atoms with E-state index in [1.54, 1.807) is 18.2 Å². The van der Waals surface area contributed by atoms with Gasteiger partial charge in [0.25, 0.3) is 5.91 Å². The summed E-state index contributed by atoms with van der Waals surface area (Å²) in [5.41, 5.74) is 6.93. The van der Waals surface area contributed by atoms with E-state index in [1.165, 1.54) is 12.3 Å². The zero-order chi connectivity index (χ0) is 14.0. The van der Waals surface area contributed by atoms with Crippen molar-refractivity contribution in [3.63, 3.8) is 0 Å². The van der Waals surface area contributed by atoms with Crippen LogP contribution in [0.25, 0.3) is 0 Å². The van der Waals surface area contributed by atoms with Gasteiger partial charge in [0.15, 0.2) is 0 Å². The second-order valence-electron chi connectivity index (χ2n) is 3.62. The number of hydrogen-bond donors (Lipinski definition) is 2. The molecule has 2 aromatic rings. The number of anilines is 1. The van der Waals surface area contributed by atoms with Crippen LogP contribution in [0, 0.1) is 0 Å². The van der Waals surface area contributed by atoms with Gasteiger partial charge >= 0.3 is 0 Å². The van der Waals surface area contributed by atoms with Gasteiger partial charge in [0.1, 0.15) is 4.99 Å². The van der Waals surface area contributed by atoms with Crippen molar-refractivity contribution in [3.05, 3.63) is 51.3 Å². The van der Waals surface area contributed by atoms with E-state index in [2.05, 4.69) is 21.2 Å². The summed E-state index contributed by atoms with van der Waals surface area (Å²) < 4.78 is 5.66. The molecule has 0 saturated carbocycles. The molecule has 2 rings (SSSR count). The van der Waals surface area contributed by atoms with E-state index in [0.29, 0.717) is 11.3 Å². The highest BCUT2D eigenvalue weighted by atomic mass is 79.9. The summed E-state index contributed by atoms with van der Waals surface area (Å²) >= 11 is 14.0. The van der Waals surface area contributed by atoms with Crippen molar-refractivity contribution < 1.29 is 9.21 Å². The molecule has 1 heterocycles. The normalized spacial score (nSPS) is 10.2. The molecule has 3 N–H and O–H groups in total. The molecule has 0 atom stereocenters. The van der Waals surface area contributed by atoms with Crippen LogP contribution in [0.15, 0.2) is 39.4 Å². The zero-order valence-corrected chi connectivity index (χ0v) is 12.6. The smallest absolute Gasteiger partial charge is 0.260 e. The fourth-order valence-electron chi connectivity index (χ4n) is 1.48. The van der Waals surface area contributed by atoms with E-state index in [4.69, 9.17) is 34.0 Å². The van der Waals surface area contributed by atoms with Crippen LogP contribution < -0.4 is 11.1 Å². The SMILES string of the molecule is NC(=S)c1ccc(Br)cc1NC(=O)c1ccoc1Cl. The number of carbonyl (C=O) groups excluding carboxylic acids is 1. The Kier molecular flexibility index (Phi) is 4.24. The van der Waals surface area contributed by atoms with Gasteiger partial charge in [-0.25, -0.2) is 0 Å². The van der Waals surface area contributed by atoms with Crippen molar-refractivity contribution in [2.45, 2.75) is 0 Å². The lowest BCUT2D eigenvalue weighted by Crippen LogP contribution is -2.17. The van der Waals surface area contributed by atoms with Crippen LogP contribution >= 0.6 is 39.7 Å². The molecule has 0 bridgehead atoms. The topological polar surface area (TPSA) is 68.3 Å². The van der Waals surface area contributed by atoms with E-state index < -0.39 is 5.91 Å². The highest BCUT2D eigenvalue weighted by Gasteiger charge is 2.15. The number of benzene rings is 1. The molecular formula is C12H8BrClN2O2S. The van der Waals surface area contributed by atoms with E-state index in [-0.39, 0.29) is 15.8 Å². The molecule has 4 nitrogen and oxygen atoms in total. The number of amides is 1. The van der Waals surface area contributed by atoms with Gasteiger partial charge in [0.05, 0.1) is 17.5 Å². The van der Waals surface area contributed by atoms with Crippen molar-refractivity contribution in [3.8, 4) is 0 Å². The van der Waals surface area contributed by atoms with Crippen molar-refractivity contribution in [1.82, 2.24) is 0 Å². The zero-order valence-electron chi connectivity index (χ0n) is 9.44. The summed E-state index contributed by atoms with van der Waals surface area (Å²) in [4.78, 5) is 12.2. The molecule has 0 aliphatic heterocycles. The Morgan fingerprint density at radius 3 is 2.68 bits per heavy atom. The summed E-state index contributed by atoms with van der Waals surface area (Å²) in [6.07, 6.45) is 1.34. The van der Waals surface area contributed by atoms with Crippen molar-refractivity contribution in [2.24, 2.45) is 5.73 Å². The average Bonchev–Trinajstić information content (AvgIpc) is 2.75. The predicted octanol–water partition coefficient (Wildman–Crippen LogP) is 3.58. The first-order valence-corrected chi connectivity index (χ1v) is 6.70. The first kappa shape index (κ1) is 14.0. The Bertz CT molecular complexity index is 657. The molecule has 0 spiro atoms. The molecule has 19 heavy (non-hydrogen) atoms. The Hall–Kier alpha value is -1.37. The Labute approximate surface area is 128 Å². The van der Waals surface area contributed by atoms with Gasteiger partial charge < -0.3 is 15.5 Å². The minimum atomic E-state index is -0.394. The molecule has 0 aliphatic carbocycles. The third-order valence-electron chi connectivity index (χ3n) is 2.36. The van der Waals surface area contributed by atoms with Crippen LogP contribution in [-0.2, 0) is 0 Å². The standard InChI is InChI=1S/C12H8BrClN2O2S/c13-6-1-2-7(11(15)19)9(5-6)16-12(17)8-3-4-18-10(8)14/h1-5H,(H2,15,19)(H,16,17). The monoisotopic (exact) mass is 358 g/mol. The molecule has 0 aliphatic rings. The van der Waals surface area contributed by atoms with E-state index >= 15 is 0 Å². The molecule has 98 valence electrons. The number of carbonyl (C=O) groups is 1. The fraction of sp³-hybridized carbons (Fsp3) is 0. The maximum atomic E-state index is 12.0. The molecule has 0 saturated heterocycles. The number of hydrogen-bond acceptors (Lipinski definition) is 3. The summed E-state index contributed by atoms with van der Waals surface area (Å²) in [7, 11) is 0. The lowest BCUT2D eigenvalue weighted by molar-refractivity contribution is 0.102. The molecule has 0 radical (unpaired) electrons. The molecule has 1 amide bonds. The number of rotatable bonds is 3. The van der Waals surface area contributed by atoms with Crippen molar-refractivity contribution in [2.75, 3.05) is 5.32 Å². The van der Waals surface area contributed by atoms with Crippen LogP contribution in [0.3, 0.4) is 0 Å². The first-order valence-electron chi connectivity index (χ1n) is 5.12. The van der Waals surface area contributed by atoms with Crippen LogP contribution in [0.5, 0.6) is 0 Å². The van der Waals surface area contributed by atoms with Gasteiger partial charge in [-0.05, 0) is 35.9 Å². The fourth-order valence-corrected chi connectivity index (χ4v) is 2.22. The lowest BCUT2D eigenvalue weighted by Gasteiger charge is -2.10. The summed E-state index contributed by atoms with van der Waals surface area (Å²) in [6.45, 7) is 0. The minimum Gasteiger partial charge on any atom is -0.452 e. The number of halogens is 2. The van der Waals surface area contributed by atoms with Gasteiger partial charge in [0, 0.05) is 10.0 Å². The second-order valence-corrected chi connectivity index (χ2v) is 5.32. The molecule has 7 heteroatoms. The molecule has 0 unspecified atom stereocenters. The van der Waals surface area contributed by atoms with Crippen molar-refractivity contribution >= 4 is 56.3 Å². The van der Waals surface area contributed by atoms with Gasteiger partial charge in [-0.15, -0.1) is 0 Å². The Balaban J connectivity index is 2.33. The van der Waals surface area contributed by atoms with E-state index in [0.717, 1.165) is 4.47 Å². The average molecular weight is 360 g/mol. The number of nitrogens with two attached hydrogens (primary N) is 1. The lowest BCUT2D eigenvalue weighted by atomic mass is 10.1.